The minimum Gasteiger partial charge on any atom is -0.494 e. The predicted molar refractivity (Wildman–Crippen MR) is 106 cm³/mol. The molecule has 0 saturated heterocycles. The van der Waals surface area contributed by atoms with Gasteiger partial charge in [0.15, 0.2) is 11.6 Å². The molecule has 0 fully saturated rings. The second kappa shape index (κ2) is 7.17. The molecule has 2 aliphatic carbocycles. The Balaban J connectivity index is 1.93. The van der Waals surface area contributed by atoms with Gasteiger partial charge in [-0.15, -0.1) is 0 Å². The number of methoxy groups -OCH3 is 1. The van der Waals surface area contributed by atoms with Crippen LogP contribution in [0.2, 0.25) is 0 Å². The smallest absolute Gasteiger partial charge is 0.165 e. The predicted octanol–water partition coefficient (Wildman–Crippen LogP) is 6.13. The van der Waals surface area contributed by atoms with E-state index in [1.165, 1.54) is 41.0 Å². The average Bonchev–Trinajstić information content (AvgIpc) is 2.98. The van der Waals surface area contributed by atoms with Crippen LogP contribution >= 0.6 is 0 Å². The monoisotopic (exact) mass is 344 g/mol. The first kappa shape index (κ1) is 16.6. The van der Waals surface area contributed by atoms with Crippen LogP contribution in [0.5, 0.6) is 5.75 Å². The van der Waals surface area contributed by atoms with Gasteiger partial charge in [-0.3, -0.25) is 0 Å². The summed E-state index contributed by atoms with van der Waals surface area (Å²) in [6, 6.07) is 13.6. The van der Waals surface area contributed by atoms with Gasteiger partial charge in [0.1, 0.15) is 0 Å². The first-order valence-corrected chi connectivity index (χ1v) is 8.96. The van der Waals surface area contributed by atoms with Crippen molar-refractivity contribution in [3.05, 3.63) is 100 Å². The van der Waals surface area contributed by atoms with E-state index in [1.807, 2.05) is 0 Å². The number of hydrogen-bond donors (Lipinski definition) is 0. The highest BCUT2D eigenvalue weighted by Crippen LogP contribution is 2.38. The highest BCUT2D eigenvalue weighted by atomic mass is 19.1. The summed E-state index contributed by atoms with van der Waals surface area (Å²) < 4.78 is 19.0. The minimum absolute atomic E-state index is 0.270. The molecule has 0 N–H and O–H groups in total. The van der Waals surface area contributed by atoms with Crippen molar-refractivity contribution in [2.45, 2.75) is 19.3 Å². The highest BCUT2D eigenvalue weighted by Gasteiger charge is 2.18. The summed E-state index contributed by atoms with van der Waals surface area (Å²) >= 11 is 0. The minimum atomic E-state index is -0.340. The Bertz CT molecular complexity index is 960. The van der Waals surface area contributed by atoms with Gasteiger partial charge in [0.2, 0.25) is 0 Å². The first-order valence-electron chi connectivity index (χ1n) is 8.96. The number of rotatable bonds is 2. The molecule has 0 spiro atoms. The van der Waals surface area contributed by atoms with Crippen LogP contribution in [-0.2, 0) is 6.42 Å². The molecule has 2 aromatic carbocycles. The quantitative estimate of drug-likeness (QED) is 0.636. The summed E-state index contributed by atoms with van der Waals surface area (Å²) in [7, 11) is 1.50. The van der Waals surface area contributed by atoms with Crippen molar-refractivity contribution in [2.75, 3.05) is 7.11 Å². The van der Waals surface area contributed by atoms with Crippen LogP contribution in [0.3, 0.4) is 0 Å². The molecule has 26 heavy (non-hydrogen) atoms. The van der Waals surface area contributed by atoms with E-state index in [2.05, 4.69) is 54.6 Å². The van der Waals surface area contributed by atoms with E-state index in [4.69, 9.17) is 4.74 Å². The van der Waals surface area contributed by atoms with E-state index in [-0.39, 0.29) is 11.6 Å². The first-order chi connectivity index (χ1) is 12.8. The second-order valence-electron chi connectivity index (χ2n) is 6.59. The summed E-state index contributed by atoms with van der Waals surface area (Å²) in [6.45, 7) is 0. The molecule has 2 heteroatoms. The van der Waals surface area contributed by atoms with Gasteiger partial charge in [0, 0.05) is 0 Å². The largest absolute Gasteiger partial charge is 0.494 e. The van der Waals surface area contributed by atoms with E-state index in [0.29, 0.717) is 0 Å². The van der Waals surface area contributed by atoms with E-state index in [1.54, 1.807) is 12.1 Å². The van der Waals surface area contributed by atoms with Gasteiger partial charge >= 0.3 is 0 Å². The van der Waals surface area contributed by atoms with Crippen LogP contribution in [0.4, 0.5) is 4.39 Å². The molecule has 4 rings (SSSR count). The number of benzene rings is 2. The fourth-order valence-corrected chi connectivity index (χ4v) is 3.66. The Kier molecular flexibility index (Phi) is 4.57. The lowest BCUT2D eigenvalue weighted by Crippen LogP contribution is -1.93. The second-order valence-corrected chi connectivity index (χ2v) is 6.59. The molecular formula is C24H21FO. The number of halogens is 1. The van der Waals surface area contributed by atoms with Crippen molar-refractivity contribution in [3.63, 3.8) is 0 Å². The number of hydrogen-bond acceptors (Lipinski definition) is 1. The third kappa shape index (κ3) is 3.15. The maximum Gasteiger partial charge on any atom is 0.165 e. The zero-order valence-electron chi connectivity index (χ0n) is 14.8. The summed E-state index contributed by atoms with van der Waals surface area (Å²) in [5.74, 6) is -0.0696. The summed E-state index contributed by atoms with van der Waals surface area (Å²) in [5.41, 5.74) is 7.33. The third-order valence-electron chi connectivity index (χ3n) is 4.97. The summed E-state index contributed by atoms with van der Waals surface area (Å²) in [4.78, 5) is 0. The fraction of sp³-hybridized carbons (Fsp3) is 0.167. The number of ether oxygens (including phenoxy) is 1. The lowest BCUT2D eigenvalue weighted by Gasteiger charge is -2.13. The molecule has 0 saturated carbocycles. The Morgan fingerprint density at radius 3 is 2.73 bits per heavy atom. The summed E-state index contributed by atoms with van der Waals surface area (Å²) in [6.07, 6.45) is 14.0. The normalized spacial score (nSPS) is 17.5. The van der Waals surface area contributed by atoms with Gasteiger partial charge in [-0.25, -0.2) is 4.39 Å². The van der Waals surface area contributed by atoms with Crippen molar-refractivity contribution >= 4 is 11.6 Å². The molecular weight excluding hydrogens is 323 g/mol. The van der Waals surface area contributed by atoms with Crippen LogP contribution in [0, 0.1) is 5.82 Å². The van der Waals surface area contributed by atoms with E-state index >= 15 is 0 Å². The molecule has 0 bridgehead atoms. The third-order valence-corrected chi connectivity index (χ3v) is 4.97. The van der Waals surface area contributed by atoms with Gasteiger partial charge in [0.05, 0.1) is 7.11 Å². The molecule has 0 atom stereocenters. The van der Waals surface area contributed by atoms with Crippen LogP contribution < -0.4 is 4.74 Å². The Morgan fingerprint density at radius 2 is 1.85 bits per heavy atom. The Labute approximate surface area is 153 Å². The lowest BCUT2D eigenvalue weighted by atomic mass is 9.92. The van der Waals surface area contributed by atoms with Gasteiger partial charge in [-0.2, -0.15) is 0 Å². The molecule has 0 unspecified atom stereocenters. The maximum absolute atomic E-state index is 13.8. The molecule has 130 valence electrons. The Hall–Kier alpha value is -2.87. The van der Waals surface area contributed by atoms with E-state index < -0.39 is 0 Å². The Morgan fingerprint density at radius 1 is 1.00 bits per heavy atom. The number of fused-ring (bicyclic) bond motifs is 1. The maximum atomic E-state index is 13.8. The van der Waals surface area contributed by atoms with Crippen molar-refractivity contribution in [2.24, 2.45) is 0 Å². The molecule has 2 aliphatic rings. The standard InChI is InChI=1S/C24H21FO/c1-26-24-16-17(11-14-23(24)25)15-22-20-9-4-2-3-7-18(20)12-13-19-8-5-6-10-21(19)22/h3-11,14-16H,2,12-13H2,1H3/b22-15+. The molecule has 0 amide bonds. The molecule has 0 aromatic heterocycles. The summed E-state index contributed by atoms with van der Waals surface area (Å²) in [5, 5.41) is 0. The van der Waals surface area contributed by atoms with Crippen LogP contribution in [0.15, 0.2) is 77.9 Å². The molecule has 2 aromatic rings. The van der Waals surface area contributed by atoms with Crippen molar-refractivity contribution in [3.8, 4) is 5.75 Å². The van der Waals surface area contributed by atoms with Crippen LogP contribution in [-0.4, -0.2) is 7.11 Å². The molecule has 0 heterocycles. The molecule has 1 nitrogen and oxygen atoms in total. The van der Waals surface area contributed by atoms with Crippen molar-refractivity contribution < 1.29 is 9.13 Å². The van der Waals surface area contributed by atoms with Gasteiger partial charge in [-0.1, -0.05) is 54.6 Å². The lowest BCUT2D eigenvalue weighted by molar-refractivity contribution is 0.386. The topological polar surface area (TPSA) is 9.23 Å². The SMILES string of the molecule is COc1cc(/C=C2\C3=C(C=CCC=C3)CCc3ccccc32)ccc1F. The zero-order chi connectivity index (χ0) is 17.9. The molecule has 0 aliphatic heterocycles. The molecule has 0 radical (unpaired) electrons. The van der Waals surface area contributed by atoms with Crippen LogP contribution in [0.1, 0.15) is 29.5 Å². The van der Waals surface area contributed by atoms with Crippen molar-refractivity contribution in [1.29, 1.82) is 0 Å². The van der Waals surface area contributed by atoms with E-state index in [0.717, 1.165) is 24.8 Å². The zero-order valence-corrected chi connectivity index (χ0v) is 14.8. The van der Waals surface area contributed by atoms with Gasteiger partial charge in [0.25, 0.3) is 0 Å². The van der Waals surface area contributed by atoms with Crippen LogP contribution in [0.25, 0.3) is 11.6 Å². The van der Waals surface area contributed by atoms with Gasteiger partial charge in [-0.05, 0) is 70.9 Å². The number of allylic oxidation sites excluding steroid dienone is 7. The van der Waals surface area contributed by atoms with E-state index in [9.17, 15) is 4.39 Å². The van der Waals surface area contributed by atoms with Crippen molar-refractivity contribution in [1.82, 2.24) is 0 Å². The fourth-order valence-electron chi connectivity index (χ4n) is 3.66. The highest BCUT2D eigenvalue weighted by molar-refractivity contribution is 5.95. The number of aryl methyl sites for hydroxylation is 1. The van der Waals surface area contributed by atoms with Gasteiger partial charge < -0.3 is 4.74 Å². The average molecular weight is 344 g/mol.